The third-order valence-corrected chi connectivity index (χ3v) is 3.15. The Kier molecular flexibility index (Phi) is 6.52. The van der Waals surface area contributed by atoms with Crippen molar-refractivity contribution in [2.24, 2.45) is 11.8 Å². The van der Waals surface area contributed by atoms with E-state index in [1.165, 1.54) is 12.8 Å². The Bertz CT molecular complexity index is 225. The summed E-state index contributed by atoms with van der Waals surface area (Å²) in [6.07, 6.45) is 2.47. The fourth-order valence-electron chi connectivity index (χ4n) is 2.19. The highest BCUT2D eigenvalue weighted by molar-refractivity contribution is 5.77. The normalized spacial score (nSPS) is 17.7. The van der Waals surface area contributed by atoms with E-state index < -0.39 is 0 Å². The van der Waals surface area contributed by atoms with E-state index in [0.29, 0.717) is 12.5 Å². The molecule has 0 aromatic carbocycles. The van der Waals surface area contributed by atoms with Crippen molar-refractivity contribution >= 4 is 5.91 Å². The molecule has 1 amide bonds. The van der Waals surface area contributed by atoms with Gasteiger partial charge in [-0.3, -0.25) is 9.69 Å². The maximum atomic E-state index is 11.6. The highest BCUT2D eigenvalue weighted by atomic mass is 16.2. The Morgan fingerprint density at radius 2 is 2.06 bits per heavy atom. The molecule has 0 aromatic rings. The van der Waals surface area contributed by atoms with E-state index in [9.17, 15) is 4.79 Å². The number of hydrogen-bond acceptors (Lipinski definition) is 3. The largest absolute Gasteiger partial charge is 0.355 e. The zero-order valence-electron chi connectivity index (χ0n) is 11.5. The van der Waals surface area contributed by atoms with Crippen molar-refractivity contribution < 1.29 is 4.79 Å². The van der Waals surface area contributed by atoms with E-state index in [1.807, 2.05) is 7.05 Å². The first-order valence-electron chi connectivity index (χ1n) is 6.74. The molecule has 0 spiro atoms. The minimum absolute atomic E-state index is 0.148. The van der Waals surface area contributed by atoms with Crippen molar-refractivity contribution in [2.45, 2.75) is 26.7 Å². The maximum Gasteiger partial charge on any atom is 0.234 e. The van der Waals surface area contributed by atoms with Crippen molar-refractivity contribution in [3.63, 3.8) is 0 Å². The molecule has 1 fully saturated rings. The summed E-state index contributed by atoms with van der Waals surface area (Å²) in [5, 5.41) is 6.32. The number of nitrogens with zero attached hydrogens (tertiary/aromatic N) is 1. The van der Waals surface area contributed by atoms with E-state index >= 15 is 0 Å². The van der Waals surface area contributed by atoms with Crippen LogP contribution in [0, 0.1) is 11.8 Å². The Morgan fingerprint density at radius 1 is 1.41 bits per heavy atom. The van der Waals surface area contributed by atoms with Gasteiger partial charge in [-0.15, -0.1) is 0 Å². The molecular weight excluding hydrogens is 214 g/mol. The van der Waals surface area contributed by atoms with Gasteiger partial charge in [0.1, 0.15) is 0 Å². The molecule has 100 valence electrons. The topological polar surface area (TPSA) is 44.4 Å². The number of rotatable bonds is 6. The van der Waals surface area contributed by atoms with Crippen LogP contribution in [0.1, 0.15) is 26.7 Å². The number of carbonyl (C=O) groups is 1. The van der Waals surface area contributed by atoms with Crippen molar-refractivity contribution in [3.8, 4) is 0 Å². The lowest BCUT2D eigenvalue weighted by atomic mass is 9.98. The summed E-state index contributed by atoms with van der Waals surface area (Å²) >= 11 is 0. The average molecular weight is 241 g/mol. The van der Waals surface area contributed by atoms with Crippen LogP contribution in [0.4, 0.5) is 0 Å². The molecule has 0 bridgehead atoms. The Morgan fingerprint density at radius 3 is 2.65 bits per heavy atom. The fraction of sp³-hybridized carbons (Fsp3) is 0.923. The number of likely N-dealkylation sites (N-methyl/N-ethyl adjacent to an activating group) is 1. The van der Waals surface area contributed by atoms with E-state index in [1.54, 1.807) is 0 Å². The van der Waals surface area contributed by atoms with Gasteiger partial charge in [0.25, 0.3) is 0 Å². The van der Waals surface area contributed by atoms with Gasteiger partial charge in [0, 0.05) is 13.1 Å². The molecule has 1 aliphatic heterocycles. The standard InChI is InChI=1S/C13H27N3O/c1-11(2)8-15-13(17)10-16(3)9-12-4-6-14-7-5-12/h11-12,14H,4-10H2,1-3H3,(H,15,17). The molecular formula is C13H27N3O. The molecule has 2 N–H and O–H groups in total. The number of hydrogen-bond donors (Lipinski definition) is 2. The predicted molar refractivity (Wildman–Crippen MR) is 70.9 cm³/mol. The van der Waals surface area contributed by atoms with Crippen LogP contribution in [0.2, 0.25) is 0 Å². The Labute approximate surface area is 105 Å². The Balaban J connectivity index is 2.14. The second-order valence-electron chi connectivity index (χ2n) is 5.59. The molecule has 0 aromatic heterocycles. The van der Waals surface area contributed by atoms with Gasteiger partial charge in [-0.1, -0.05) is 13.8 Å². The number of carbonyl (C=O) groups excluding carboxylic acids is 1. The predicted octanol–water partition coefficient (Wildman–Crippen LogP) is 0.690. The highest BCUT2D eigenvalue weighted by Crippen LogP contribution is 2.12. The molecule has 1 aliphatic rings. The van der Waals surface area contributed by atoms with E-state index in [-0.39, 0.29) is 5.91 Å². The molecule has 0 radical (unpaired) electrons. The van der Waals surface area contributed by atoms with E-state index in [2.05, 4.69) is 29.4 Å². The molecule has 4 heteroatoms. The number of piperidine rings is 1. The summed E-state index contributed by atoms with van der Waals surface area (Å²) in [5.41, 5.74) is 0. The van der Waals surface area contributed by atoms with Gasteiger partial charge < -0.3 is 10.6 Å². The lowest BCUT2D eigenvalue weighted by molar-refractivity contribution is -0.122. The molecule has 1 heterocycles. The number of amides is 1. The number of nitrogens with one attached hydrogen (secondary N) is 2. The van der Waals surface area contributed by atoms with Crippen LogP contribution in [-0.2, 0) is 4.79 Å². The summed E-state index contributed by atoms with van der Waals surface area (Å²) in [4.78, 5) is 13.8. The van der Waals surface area contributed by atoms with Crippen LogP contribution in [0.25, 0.3) is 0 Å². The second-order valence-corrected chi connectivity index (χ2v) is 5.59. The summed E-state index contributed by atoms with van der Waals surface area (Å²) < 4.78 is 0. The summed E-state index contributed by atoms with van der Waals surface area (Å²) in [7, 11) is 2.04. The van der Waals surface area contributed by atoms with Crippen LogP contribution in [0.3, 0.4) is 0 Å². The van der Waals surface area contributed by atoms with Crippen molar-refractivity contribution in [1.82, 2.24) is 15.5 Å². The molecule has 17 heavy (non-hydrogen) atoms. The molecule has 0 saturated carbocycles. The molecule has 1 saturated heterocycles. The first kappa shape index (κ1) is 14.5. The van der Waals surface area contributed by atoms with E-state index in [0.717, 1.165) is 32.1 Å². The first-order valence-corrected chi connectivity index (χ1v) is 6.74. The maximum absolute atomic E-state index is 11.6. The third-order valence-electron chi connectivity index (χ3n) is 3.15. The van der Waals surface area contributed by atoms with Crippen molar-refractivity contribution in [2.75, 3.05) is 39.8 Å². The lowest BCUT2D eigenvalue weighted by Gasteiger charge is -2.27. The minimum Gasteiger partial charge on any atom is -0.355 e. The summed E-state index contributed by atoms with van der Waals surface area (Å²) in [5.74, 6) is 1.42. The van der Waals surface area contributed by atoms with Crippen molar-refractivity contribution in [3.05, 3.63) is 0 Å². The highest BCUT2D eigenvalue weighted by Gasteiger charge is 2.16. The van der Waals surface area contributed by atoms with Gasteiger partial charge in [0.2, 0.25) is 5.91 Å². The Hall–Kier alpha value is -0.610. The van der Waals surface area contributed by atoms with Gasteiger partial charge in [0.15, 0.2) is 0 Å². The monoisotopic (exact) mass is 241 g/mol. The van der Waals surface area contributed by atoms with Crippen LogP contribution in [0.5, 0.6) is 0 Å². The summed E-state index contributed by atoms with van der Waals surface area (Å²) in [6.45, 7) is 8.81. The van der Waals surface area contributed by atoms with Gasteiger partial charge in [0.05, 0.1) is 6.54 Å². The van der Waals surface area contributed by atoms with Crippen molar-refractivity contribution in [1.29, 1.82) is 0 Å². The molecule has 0 unspecified atom stereocenters. The molecule has 0 aliphatic carbocycles. The van der Waals surface area contributed by atoms with Crippen LogP contribution in [0.15, 0.2) is 0 Å². The third kappa shape index (κ3) is 6.64. The average Bonchev–Trinajstić information content (AvgIpc) is 2.27. The zero-order valence-corrected chi connectivity index (χ0v) is 11.5. The SMILES string of the molecule is CC(C)CNC(=O)CN(C)CC1CCNCC1. The van der Waals surface area contributed by atoms with Crippen LogP contribution >= 0.6 is 0 Å². The van der Waals surface area contributed by atoms with Gasteiger partial charge in [-0.25, -0.2) is 0 Å². The van der Waals surface area contributed by atoms with Gasteiger partial charge in [-0.05, 0) is 44.8 Å². The second kappa shape index (κ2) is 7.67. The summed E-state index contributed by atoms with van der Waals surface area (Å²) in [6, 6.07) is 0. The zero-order chi connectivity index (χ0) is 12.7. The molecule has 0 atom stereocenters. The van der Waals surface area contributed by atoms with Crippen LogP contribution in [-0.4, -0.2) is 50.6 Å². The molecule has 4 nitrogen and oxygen atoms in total. The lowest BCUT2D eigenvalue weighted by Crippen LogP contribution is -2.40. The minimum atomic E-state index is 0.148. The quantitative estimate of drug-likeness (QED) is 0.719. The molecule has 1 rings (SSSR count). The smallest absolute Gasteiger partial charge is 0.234 e. The van der Waals surface area contributed by atoms with E-state index in [4.69, 9.17) is 0 Å². The van der Waals surface area contributed by atoms with Gasteiger partial charge >= 0.3 is 0 Å². The fourth-order valence-corrected chi connectivity index (χ4v) is 2.19. The first-order chi connectivity index (χ1) is 8.08. The van der Waals surface area contributed by atoms with Crippen LogP contribution < -0.4 is 10.6 Å². The van der Waals surface area contributed by atoms with Gasteiger partial charge in [-0.2, -0.15) is 0 Å².